The van der Waals surface area contributed by atoms with Crippen molar-refractivity contribution in [2.45, 2.75) is 6.54 Å². The third-order valence-electron chi connectivity index (χ3n) is 1.94. The number of rotatable bonds is 2. The second-order valence-corrected chi connectivity index (χ2v) is 3.13. The highest BCUT2D eigenvalue weighted by molar-refractivity contribution is 6.34. The van der Waals surface area contributed by atoms with Gasteiger partial charge in [-0.25, -0.2) is 9.79 Å². The number of H-pyrrole nitrogens is 1. The Labute approximate surface area is 84.6 Å². The largest absolute Gasteiger partial charge is 0.266 e. The van der Waals surface area contributed by atoms with Crippen molar-refractivity contribution in [3.05, 3.63) is 28.9 Å². The van der Waals surface area contributed by atoms with Gasteiger partial charge in [0.05, 0.1) is 12.1 Å². The van der Waals surface area contributed by atoms with Crippen LogP contribution in [0.5, 0.6) is 0 Å². The molecule has 1 aromatic heterocycles. The lowest BCUT2D eigenvalue weighted by molar-refractivity contribution is 0.563. The lowest BCUT2D eigenvalue weighted by Crippen LogP contribution is -1.82. The molecular weight excluding hydrogens is 202 g/mol. The van der Waals surface area contributed by atoms with Crippen LogP contribution in [0.4, 0.5) is 0 Å². The van der Waals surface area contributed by atoms with Crippen molar-refractivity contribution in [3.63, 3.8) is 0 Å². The molecule has 0 aliphatic carbocycles. The number of nitrogens with zero attached hydrogens (tertiary/aromatic N) is 2. The second-order valence-electron chi connectivity index (χ2n) is 2.76. The van der Waals surface area contributed by atoms with Crippen LogP contribution in [0.25, 0.3) is 10.9 Å². The van der Waals surface area contributed by atoms with Crippen LogP contribution in [0, 0.1) is 0 Å². The average Bonchev–Trinajstić information content (AvgIpc) is 2.58. The molecule has 0 unspecified atom stereocenters. The molecule has 0 radical (unpaired) electrons. The van der Waals surface area contributed by atoms with Gasteiger partial charge in [-0.2, -0.15) is 5.10 Å². The molecule has 1 heterocycles. The fourth-order valence-corrected chi connectivity index (χ4v) is 1.61. The van der Waals surface area contributed by atoms with Crippen LogP contribution in [0.15, 0.2) is 23.2 Å². The van der Waals surface area contributed by atoms with E-state index in [2.05, 4.69) is 15.2 Å². The molecule has 4 nitrogen and oxygen atoms in total. The predicted octanol–water partition coefficient (Wildman–Crippen LogP) is 2.05. The van der Waals surface area contributed by atoms with Crippen LogP contribution in [-0.2, 0) is 11.3 Å². The van der Waals surface area contributed by atoms with E-state index >= 15 is 0 Å². The van der Waals surface area contributed by atoms with Gasteiger partial charge in [0.1, 0.15) is 5.15 Å². The summed E-state index contributed by atoms with van der Waals surface area (Å²) in [7, 11) is 0. The third-order valence-corrected chi connectivity index (χ3v) is 2.21. The van der Waals surface area contributed by atoms with Gasteiger partial charge < -0.3 is 0 Å². The van der Waals surface area contributed by atoms with Gasteiger partial charge in [-0.1, -0.05) is 23.7 Å². The molecule has 1 aromatic carbocycles. The van der Waals surface area contributed by atoms with Crippen LogP contribution in [-0.4, -0.2) is 16.3 Å². The summed E-state index contributed by atoms with van der Waals surface area (Å²) in [4.78, 5) is 13.5. The standard InChI is InChI=1S/C9H6ClN3O/c10-9-8-6(4-11-5-14)2-1-3-7(8)12-13-9/h1-3H,4H2,(H,12,13). The van der Waals surface area contributed by atoms with E-state index in [9.17, 15) is 4.79 Å². The topological polar surface area (TPSA) is 58.1 Å². The molecule has 2 rings (SSSR count). The van der Waals surface area contributed by atoms with E-state index in [4.69, 9.17) is 11.6 Å². The smallest absolute Gasteiger partial charge is 0.235 e. The van der Waals surface area contributed by atoms with Gasteiger partial charge in [0.2, 0.25) is 6.08 Å². The van der Waals surface area contributed by atoms with Gasteiger partial charge >= 0.3 is 0 Å². The number of fused-ring (bicyclic) bond motifs is 1. The van der Waals surface area contributed by atoms with Crippen LogP contribution in [0.3, 0.4) is 0 Å². The van der Waals surface area contributed by atoms with E-state index in [-0.39, 0.29) is 6.54 Å². The van der Waals surface area contributed by atoms with Crippen molar-refractivity contribution in [2.24, 2.45) is 4.99 Å². The number of halogens is 1. The van der Waals surface area contributed by atoms with Crippen LogP contribution in [0.2, 0.25) is 5.15 Å². The summed E-state index contributed by atoms with van der Waals surface area (Å²) < 4.78 is 0. The van der Waals surface area contributed by atoms with Crippen molar-refractivity contribution < 1.29 is 4.79 Å². The molecule has 70 valence electrons. The van der Waals surface area contributed by atoms with Crippen LogP contribution in [0.1, 0.15) is 5.56 Å². The third kappa shape index (κ3) is 1.41. The predicted molar refractivity (Wildman–Crippen MR) is 52.9 cm³/mol. The van der Waals surface area contributed by atoms with Gasteiger partial charge in [-0.15, -0.1) is 0 Å². The second kappa shape index (κ2) is 3.62. The highest BCUT2D eigenvalue weighted by atomic mass is 35.5. The molecule has 0 saturated heterocycles. The zero-order valence-corrected chi connectivity index (χ0v) is 7.88. The lowest BCUT2D eigenvalue weighted by Gasteiger charge is -1.96. The van der Waals surface area contributed by atoms with Crippen molar-refractivity contribution in [1.82, 2.24) is 10.2 Å². The molecule has 0 bridgehead atoms. The van der Waals surface area contributed by atoms with E-state index in [0.29, 0.717) is 5.15 Å². The lowest BCUT2D eigenvalue weighted by atomic mass is 10.1. The first-order valence-corrected chi connectivity index (χ1v) is 4.36. The minimum atomic E-state index is 0.278. The molecule has 0 amide bonds. The maximum absolute atomic E-state index is 9.99. The van der Waals surface area contributed by atoms with E-state index in [1.54, 1.807) is 0 Å². The molecule has 0 saturated carbocycles. The Morgan fingerprint density at radius 3 is 3.21 bits per heavy atom. The number of hydrogen-bond donors (Lipinski definition) is 1. The summed E-state index contributed by atoms with van der Waals surface area (Å²) >= 11 is 5.90. The van der Waals surface area contributed by atoms with Gasteiger partial charge in [-0.05, 0) is 11.6 Å². The zero-order chi connectivity index (χ0) is 9.97. The van der Waals surface area contributed by atoms with Gasteiger partial charge in [-0.3, -0.25) is 5.10 Å². The number of aliphatic imine (C=N–C) groups is 1. The minimum Gasteiger partial charge on any atom is -0.266 e. The summed E-state index contributed by atoms with van der Waals surface area (Å²) in [5.74, 6) is 0. The van der Waals surface area contributed by atoms with E-state index in [1.807, 2.05) is 18.2 Å². The number of isocyanates is 1. The quantitative estimate of drug-likeness (QED) is 0.605. The summed E-state index contributed by atoms with van der Waals surface area (Å²) in [6.45, 7) is 0.278. The van der Waals surface area contributed by atoms with E-state index < -0.39 is 0 Å². The average molecular weight is 208 g/mol. The van der Waals surface area contributed by atoms with Gasteiger partial charge in [0.15, 0.2) is 0 Å². The molecule has 0 fully saturated rings. The van der Waals surface area contributed by atoms with Crippen LogP contribution >= 0.6 is 11.6 Å². The molecule has 0 spiro atoms. The summed E-state index contributed by atoms with van der Waals surface area (Å²) in [5.41, 5.74) is 1.64. The first-order chi connectivity index (χ1) is 6.83. The maximum atomic E-state index is 9.99. The first-order valence-electron chi connectivity index (χ1n) is 3.98. The first kappa shape index (κ1) is 8.94. The highest BCUT2D eigenvalue weighted by Gasteiger charge is 2.06. The Balaban J connectivity index is 2.62. The number of aromatic amines is 1. The Morgan fingerprint density at radius 1 is 1.57 bits per heavy atom. The monoisotopic (exact) mass is 207 g/mol. The number of benzene rings is 1. The Kier molecular flexibility index (Phi) is 2.31. The normalized spacial score (nSPS) is 10.1. The van der Waals surface area contributed by atoms with Gasteiger partial charge in [0.25, 0.3) is 0 Å². The van der Waals surface area contributed by atoms with Crippen molar-refractivity contribution in [2.75, 3.05) is 0 Å². The summed E-state index contributed by atoms with van der Waals surface area (Å²) in [6, 6.07) is 5.53. The van der Waals surface area contributed by atoms with Gasteiger partial charge in [0, 0.05) is 5.39 Å². The highest BCUT2D eigenvalue weighted by Crippen LogP contribution is 2.24. The SMILES string of the molecule is O=C=NCc1cccc2n[nH]c(Cl)c12. The zero-order valence-electron chi connectivity index (χ0n) is 7.12. The summed E-state index contributed by atoms with van der Waals surface area (Å²) in [5, 5.41) is 7.94. The Bertz CT molecular complexity index is 514. The molecule has 0 aliphatic rings. The van der Waals surface area contributed by atoms with Crippen molar-refractivity contribution >= 4 is 28.6 Å². The fourth-order valence-electron chi connectivity index (χ4n) is 1.35. The molecule has 0 aliphatic heterocycles. The Hall–Kier alpha value is -1.64. The Morgan fingerprint density at radius 2 is 2.43 bits per heavy atom. The molecular formula is C9H6ClN3O. The number of aromatic nitrogens is 2. The fraction of sp³-hybridized carbons (Fsp3) is 0.111. The molecule has 14 heavy (non-hydrogen) atoms. The van der Waals surface area contributed by atoms with Crippen molar-refractivity contribution in [1.29, 1.82) is 0 Å². The van der Waals surface area contributed by atoms with Crippen molar-refractivity contribution in [3.8, 4) is 0 Å². The maximum Gasteiger partial charge on any atom is 0.235 e. The summed E-state index contributed by atoms with van der Waals surface area (Å²) in [6.07, 6.45) is 1.49. The minimum absolute atomic E-state index is 0.278. The molecule has 5 heteroatoms. The van der Waals surface area contributed by atoms with E-state index in [0.717, 1.165) is 16.5 Å². The molecule has 2 aromatic rings. The molecule has 1 N–H and O–H groups in total. The molecule has 0 atom stereocenters. The number of hydrogen-bond acceptors (Lipinski definition) is 3. The number of carbonyl (C=O) groups excluding carboxylic acids is 1. The number of nitrogens with one attached hydrogen (secondary N) is 1. The van der Waals surface area contributed by atoms with E-state index in [1.165, 1.54) is 6.08 Å². The van der Waals surface area contributed by atoms with Crippen LogP contribution < -0.4 is 0 Å².